The van der Waals surface area contributed by atoms with Gasteiger partial charge in [0.1, 0.15) is 0 Å². The van der Waals surface area contributed by atoms with Crippen molar-refractivity contribution < 1.29 is 4.74 Å². The van der Waals surface area contributed by atoms with E-state index in [1.807, 2.05) is 24.3 Å². The molecule has 0 saturated carbocycles. The van der Waals surface area contributed by atoms with Gasteiger partial charge in [0.05, 0.1) is 18.1 Å². The second-order valence-electron chi connectivity index (χ2n) is 4.76. The van der Waals surface area contributed by atoms with Gasteiger partial charge in [-0.3, -0.25) is 0 Å². The summed E-state index contributed by atoms with van der Waals surface area (Å²) in [5.41, 5.74) is 1.74. The Balaban J connectivity index is 0.00000147. The van der Waals surface area contributed by atoms with Crippen LogP contribution in [0.25, 0.3) is 11.0 Å². The van der Waals surface area contributed by atoms with Crippen molar-refractivity contribution in [3.8, 4) is 5.88 Å². The first kappa shape index (κ1) is 14.8. The molecule has 108 valence electrons. The van der Waals surface area contributed by atoms with E-state index in [0.29, 0.717) is 11.9 Å². The molecule has 1 saturated heterocycles. The summed E-state index contributed by atoms with van der Waals surface area (Å²) in [5.74, 6) is 1.29. The van der Waals surface area contributed by atoms with Gasteiger partial charge >= 0.3 is 0 Å². The van der Waals surface area contributed by atoms with Crippen LogP contribution in [0.1, 0.15) is 12.8 Å². The molecule has 6 heteroatoms. The first-order valence-electron chi connectivity index (χ1n) is 6.65. The van der Waals surface area contributed by atoms with Crippen LogP contribution in [0.2, 0.25) is 0 Å². The Morgan fingerprint density at radius 1 is 1.25 bits per heavy atom. The van der Waals surface area contributed by atoms with Crippen LogP contribution in [-0.2, 0) is 0 Å². The molecule has 1 fully saturated rings. The van der Waals surface area contributed by atoms with Crippen LogP contribution in [0.4, 0.5) is 5.82 Å². The second kappa shape index (κ2) is 6.72. The third-order valence-electron chi connectivity index (χ3n) is 3.37. The van der Waals surface area contributed by atoms with E-state index >= 15 is 0 Å². The van der Waals surface area contributed by atoms with Crippen LogP contribution < -0.4 is 15.4 Å². The highest BCUT2D eigenvalue weighted by Gasteiger charge is 2.16. The Bertz CT molecular complexity index is 572. The number of benzene rings is 1. The number of piperidine rings is 1. The summed E-state index contributed by atoms with van der Waals surface area (Å²) in [6.45, 7) is 2.05. The third kappa shape index (κ3) is 3.11. The fourth-order valence-electron chi connectivity index (χ4n) is 2.39. The number of fused-ring (bicyclic) bond motifs is 1. The molecular weight excluding hydrogens is 276 g/mol. The van der Waals surface area contributed by atoms with Crippen molar-refractivity contribution in [1.29, 1.82) is 0 Å². The largest absolute Gasteiger partial charge is 0.478 e. The highest BCUT2D eigenvalue weighted by atomic mass is 35.5. The van der Waals surface area contributed by atoms with Crippen molar-refractivity contribution in [3.63, 3.8) is 0 Å². The number of hydrogen-bond donors (Lipinski definition) is 2. The van der Waals surface area contributed by atoms with Crippen LogP contribution in [-0.4, -0.2) is 36.2 Å². The van der Waals surface area contributed by atoms with E-state index in [1.165, 1.54) is 6.42 Å². The minimum absolute atomic E-state index is 0. The molecule has 1 aromatic heterocycles. The SMILES string of the molecule is COc1nc2ccccc2nc1N[C@H]1CCCNC1.Cl. The van der Waals surface area contributed by atoms with Gasteiger partial charge in [0.2, 0.25) is 0 Å². The average molecular weight is 295 g/mol. The molecular formula is C14H19ClN4O. The number of aromatic nitrogens is 2. The first-order chi connectivity index (χ1) is 9.36. The number of methoxy groups -OCH3 is 1. The normalized spacial score (nSPS) is 18.4. The number of nitrogens with one attached hydrogen (secondary N) is 2. The molecule has 0 aliphatic carbocycles. The Morgan fingerprint density at radius 3 is 2.65 bits per heavy atom. The highest BCUT2D eigenvalue weighted by Crippen LogP contribution is 2.24. The molecule has 0 radical (unpaired) electrons. The van der Waals surface area contributed by atoms with Gasteiger partial charge in [-0.25, -0.2) is 9.97 Å². The third-order valence-corrected chi connectivity index (χ3v) is 3.37. The van der Waals surface area contributed by atoms with Gasteiger partial charge < -0.3 is 15.4 Å². The molecule has 1 atom stereocenters. The Labute approximate surface area is 124 Å². The van der Waals surface area contributed by atoms with Crippen molar-refractivity contribution in [3.05, 3.63) is 24.3 Å². The van der Waals surface area contributed by atoms with Crippen LogP contribution in [0.5, 0.6) is 5.88 Å². The lowest BCUT2D eigenvalue weighted by Gasteiger charge is -2.24. The second-order valence-corrected chi connectivity index (χ2v) is 4.76. The molecule has 1 aliphatic rings. The maximum absolute atomic E-state index is 5.34. The summed E-state index contributed by atoms with van der Waals surface area (Å²) in [4.78, 5) is 9.11. The summed E-state index contributed by atoms with van der Waals surface area (Å²) in [7, 11) is 1.63. The fraction of sp³-hybridized carbons (Fsp3) is 0.429. The molecule has 2 N–H and O–H groups in total. The summed E-state index contributed by atoms with van der Waals surface area (Å²) >= 11 is 0. The molecule has 0 amide bonds. The summed E-state index contributed by atoms with van der Waals surface area (Å²) in [5, 5.41) is 6.81. The maximum atomic E-state index is 5.34. The van der Waals surface area contributed by atoms with Crippen molar-refractivity contribution in [1.82, 2.24) is 15.3 Å². The number of hydrogen-bond acceptors (Lipinski definition) is 5. The molecule has 2 aromatic rings. The predicted molar refractivity (Wildman–Crippen MR) is 82.9 cm³/mol. The van der Waals surface area contributed by atoms with Gasteiger partial charge in [-0.1, -0.05) is 12.1 Å². The van der Waals surface area contributed by atoms with Gasteiger partial charge in [-0.05, 0) is 31.5 Å². The van der Waals surface area contributed by atoms with Crippen molar-refractivity contribution in [2.45, 2.75) is 18.9 Å². The lowest BCUT2D eigenvalue weighted by molar-refractivity contribution is 0.397. The number of anilines is 1. The van der Waals surface area contributed by atoms with E-state index in [2.05, 4.69) is 20.6 Å². The van der Waals surface area contributed by atoms with E-state index < -0.39 is 0 Å². The Hall–Kier alpha value is -1.59. The predicted octanol–water partition coefficient (Wildman–Crippen LogP) is 2.22. The van der Waals surface area contributed by atoms with Gasteiger partial charge in [0.15, 0.2) is 5.82 Å². The number of rotatable bonds is 3. The smallest absolute Gasteiger partial charge is 0.257 e. The number of nitrogens with zero attached hydrogens (tertiary/aromatic N) is 2. The van der Waals surface area contributed by atoms with Gasteiger partial charge in [0, 0.05) is 12.6 Å². The van der Waals surface area contributed by atoms with Gasteiger partial charge in [0.25, 0.3) is 5.88 Å². The van der Waals surface area contributed by atoms with E-state index in [1.54, 1.807) is 7.11 Å². The van der Waals surface area contributed by atoms with Crippen molar-refractivity contribution in [2.75, 3.05) is 25.5 Å². The molecule has 3 rings (SSSR count). The number of halogens is 1. The first-order valence-corrected chi connectivity index (χ1v) is 6.65. The molecule has 20 heavy (non-hydrogen) atoms. The summed E-state index contributed by atoms with van der Waals surface area (Å²) in [6, 6.07) is 8.21. The Morgan fingerprint density at radius 2 is 2.00 bits per heavy atom. The van der Waals surface area contributed by atoms with Gasteiger partial charge in [-0.15, -0.1) is 12.4 Å². The van der Waals surface area contributed by atoms with Crippen molar-refractivity contribution in [2.24, 2.45) is 0 Å². The molecule has 1 aliphatic heterocycles. The topological polar surface area (TPSA) is 59.1 Å². The maximum Gasteiger partial charge on any atom is 0.257 e. The van der Waals surface area contributed by atoms with E-state index in [-0.39, 0.29) is 12.4 Å². The minimum atomic E-state index is 0. The Kier molecular flexibility index (Phi) is 4.98. The van der Waals surface area contributed by atoms with E-state index in [0.717, 1.165) is 36.4 Å². The lowest BCUT2D eigenvalue weighted by Crippen LogP contribution is -2.38. The molecule has 2 heterocycles. The highest BCUT2D eigenvalue weighted by molar-refractivity contribution is 5.85. The van der Waals surface area contributed by atoms with Crippen molar-refractivity contribution >= 4 is 29.3 Å². The number of ether oxygens (including phenoxy) is 1. The molecule has 0 bridgehead atoms. The summed E-state index contributed by atoms with van der Waals surface area (Å²) in [6.07, 6.45) is 2.33. The zero-order valence-corrected chi connectivity index (χ0v) is 12.2. The van der Waals surface area contributed by atoms with E-state index in [9.17, 15) is 0 Å². The molecule has 5 nitrogen and oxygen atoms in total. The fourth-order valence-corrected chi connectivity index (χ4v) is 2.39. The molecule has 1 aromatic carbocycles. The molecule has 0 unspecified atom stereocenters. The monoisotopic (exact) mass is 294 g/mol. The lowest BCUT2D eigenvalue weighted by atomic mass is 10.1. The number of para-hydroxylation sites is 2. The average Bonchev–Trinajstić information content (AvgIpc) is 2.47. The standard InChI is InChI=1S/C14H18N4O.ClH/c1-19-14-13(16-10-5-4-8-15-9-10)17-11-6-2-3-7-12(11)18-14;/h2-3,6-7,10,15H,4-5,8-9H2,1H3,(H,16,17);1H/t10-;/m0./s1. The minimum Gasteiger partial charge on any atom is -0.478 e. The zero-order valence-electron chi connectivity index (χ0n) is 11.4. The van der Waals surface area contributed by atoms with E-state index in [4.69, 9.17) is 4.74 Å². The molecule has 0 spiro atoms. The van der Waals surface area contributed by atoms with Crippen LogP contribution >= 0.6 is 12.4 Å². The van der Waals surface area contributed by atoms with Crippen LogP contribution in [0.15, 0.2) is 24.3 Å². The van der Waals surface area contributed by atoms with Crippen LogP contribution in [0.3, 0.4) is 0 Å². The summed E-state index contributed by atoms with van der Waals surface area (Å²) < 4.78 is 5.34. The zero-order chi connectivity index (χ0) is 13.1. The quantitative estimate of drug-likeness (QED) is 0.909. The van der Waals surface area contributed by atoms with Gasteiger partial charge in [-0.2, -0.15) is 0 Å². The van der Waals surface area contributed by atoms with Crippen LogP contribution in [0, 0.1) is 0 Å².